The van der Waals surface area contributed by atoms with Gasteiger partial charge in [0.2, 0.25) is 5.91 Å². The first-order valence-electron chi connectivity index (χ1n) is 9.48. The summed E-state index contributed by atoms with van der Waals surface area (Å²) in [5.74, 6) is -0.424. The fraction of sp³-hybridized carbons (Fsp3) is 0.136. The number of pyridine rings is 2. The van der Waals surface area contributed by atoms with Gasteiger partial charge < -0.3 is 5.32 Å². The van der Waals surface area contributed by atoms with Crippen molar-refractivity contribution in [1.82, 2.24) is 19.1 Å². The van der Waals surface area contributed by atoms with Crippen LogP contribution >= 0.6 is 11.6 Å². The Morgan fingerprint density at radius 1 is 1.03 bits per heavy atom. The van der Waals surface area contributed by atoms with E-state index in [2.05, 4.69) is 15.3 Å². The first kappa shape index (κ1) is 20.5. The summed E-state index contributed by atoms with van der Waals surface area (Å²) in [6, 6.07) is 11.8. The number of carbonyl (C=O) groups excluding carboxylic acids is 1. The highest BCUT2D eigenvalue weighted by Gasteiger charge is 2.17. The molecule has 0 aliphatic heterocycles. The van der Waals surface area contributed by atoms with E-state index in [0.29, 0.717) is 16.2 Å². The van der Waals surface area contributed by atoms with Crippen LogP contribution in [0.15, 0.2) is 70.6 Å². The second kappa shape index (κ2) is 8.53. The van der Waals surface area contributed by atoms with Gasteiger partial charge in [-0.05, 0) is 54.4 Å². The number of hydrogen-bond acceptors (Lipinski definition) is 5. The van der Waals surface area contributed by atoms with Crippen LogP contribution in [0.1, 0.15) is 11.1 Å². The number of rotatable bonds is 5. The van der Waals surface area contributed by atoms with Crippen molar-refractivity contribution < 1.29 is 4.79 Å². The molecule has 0 unspecified atom stereocenters. The molecule has 0 atom stereocenters. The summed E-state index contributed by atoms with van der Waals surface area (Å²) in [7, 11) is 0. The number of nitrogens with one attached hydrogen (secondary N) is 1. The topological polar surface area (TPSA) is 98.9 Å². The van der Waals surface area contributed by atoms with Gasteiger partial charge in [0.15, 0.2) is 5.52 Å². The van der Waals surface area contributed by atoms with Crippen molar-refractivity contribution in [2.45, 2.75) is 20.0 Å². The summed E-state index contributed by atoms with van der Waals surface area (Å²) in [6.07, 6.45) is 4.64. The Bertz CT molecular complexity index is 1400. The largest absolute Gasteiger partial charge is 0.332 e. The number of fused-ring (bicyclic) bond motifs is 1. The second-order valence-corrected chi connectivity index (χ2v) is 7.35. The third-order valence-electron chi connectivity index (χ3n) is 4.92. The Labute approximate surface area is 181 Å². The van der Waals surface area contributed by atoms with Crippen molar-refractivity contribution in [2.24, 2.45) is 0 Å². The van der Waals surface area contributed by atoms with Gasteiger partial charge >= 0.3 is 5.69 Å². The number of amides is 1. The molecule has 4 rings (SSSR count). The maximum atomic E-state index is 13.2. The Hall–Kier alpha value is -3.78. The van der Waals surface area contributed by atoms with Gasteiger partial charge in [-0.3, -0.25) is 23.7 Å². The predicted octanol–water partition coefficient (Wildman–Crippen LogP) is 2.60. The van der Waals surface area contributed by atoms with Gasteiger partial charge in [-0.15, -0.1) is 0 Å². The van der Waals surface area contributed by atoms with Crippen LogP contribution in [-0.4, -0.2) is 25.0 Å². The molecule has 8 nitrogen and oxygen atoms in total. The van der Waals surface area contributed by atoms with E-state index in [9.17, 15) is 14.4 Å². The lowest BCUT2D eigenvalue weighted by Gasteiger charge is -2.14. The van der Waals surface area contributed by atoms with Crippen molar-refractivity contribution >= 4 is 34.2 Å². The quantitative estimate of drug-likeness (QED) is 0.519. The van der Waals surface area contributed by atoms with Crippen LogP contribution in [0.4, 0.5) is 5.69 Å². The second-order valence-electron chi connectivity index (χ2n) is 6.95. The maximum absolute atomic E-state index is 13.2. The minimum atomic E-state index is -0.597. The Morgan fingerprint density at radius 2 is 1.81 bits per heavy atom. The lowest BCUT2D eigenvalue weighted by molar-refractivity contribution is -0.116. The van der Waals surface area contributed by atoms with Crippen LogP contribution in [0.2, 0.25) is 5.02 Å². The zero-order chi connectivity index (χ0) is 22.0. The molecule has 3 heterocycles. The van der Waals surface area contributed by atoms with E-state index in [-0.39, 0.29) is 18.6 Å². The summed E-state index contributed by atoms with van der Waals surface area (Å²) in [5, 5.41) is 3.30. The van der Waals surface area contributed by atoms with E-state index in [4.69, 9.17) is 11.6 Å². The number of nitrogens with zero attached hydrogens (tertiary/aromatic N) is 4. The molecule has 0 saturated heterocycles. The molecule has 4 aromatic rings. The Morgan fingerprint density at radius 3 is 2.58 bits per heavy atom. The molecule has 0 aliphatic carbocycles. The van der Waals surface area contributed by atoms with Crippen molar-refractivity contribution in [1.29, 1.82) is 0 Å². The molecule has 1 N–H and O–H groups in total. The number of hydrogen-bond donors (Lipinski definition) is 1. The zero-order valence-corrected chi connectivity index (χ0v) is 17.3. The van der Waals surface area contributed by atoms with Crippen molar-refractivity contribution in [3.8, 4) is 0 Å². The highest BCUT2D eigenvalue weighted by atomic mass is 35.5. The summed E-state index contributed by atoms with van der Waals surface area (Å²) in [6.45, 7) is 1.55. The van der Waals surface area contributed by atoms with Gasteiger partial charge in [0, 0.05) is 29.3 Å². The molecule has 1 aromatic carbocycles. The van der Waals surface area contributed by atoms with Crippen LogP contribution in [0.3, 0.4) is 0 Å². The maximum Gasteiger partial charge on any atom is 0.332 e. The summed E-state index contributed by atoms with van der Waals surface area (Å²) in [5.41, 5.74) is 1.30. The molecule has 0 fully saturated rings. The Balaban J connectivity index is 1.76. The third kappa shape index (κ3) is 4.10. The fourth-order valence-electron chi connectivity index (χ4n) is 3.28. The van der Waals surface area contributed by atoms with Gasteiger partial charge in [0.25, 0.3) is 5.56 Å². The standard InChI is InChI=1S/C22H18ClN5O3/c1-14-16(23)4-2-5-17(14)26-19(29)13-27-18-6-3-9-25-20(18)21(30)28(22(27)31)12-15-7-10-24-11-8-15/h2-11H,12-13H2,1H3,(H,26,29). The van der Waals surface area contributed by atoms with Gasteiger partial charge in [-0.25, -0.2) is 9.78 Å². The smallest absolute Gasteiger partial charge is 0.324 e. The van der Waals surface area contributed by atoms with Crippen molar-refractivity contribution in [3.63, 3.8) is 0 Å². The minimum absolute atomic E-state index is 0.0434. The number of carbonyl (C=O) groups is 1. The monoisotopic (exact) mass is 435 g/mol. The van der Waals surface area contributed by atoms with Crippen LogP contribution in [-0.2, 0) is 17.9 Å². The third-order valence-corrected chi connectivity index (χ3v) is 5.33. The number of halogens is 1. The van der Waals surface area contributed by atoms with Crippen LogP contribution in [0, 0.1) is 6.92 Å². The molecule has 156 valence electrons. The summed E-state index contributed by atoms with van der Waals surface area (Å²) in [4.78, 5) is 47.0. The molecule has 0 radical (unpaired) electrons. The molecule has 0 bridgehead atoms. The van der Waals surface area contributed by atoms with Crippen LogP contribution in [0.5, 0.6) is 0 Å². The molecule has 0 saturated carbocycles. The van der Waals surface area contributed by atoms with Gasteiger partial charge in [-0.1, -0.05) is 17.7 Å². The lowest BCUT2D eigenvalue weighted by atomic mass is 10.2. The summed E-state index contributed by atoms with van der Waals surface area (Å²) < 4.78 is 2.32. The normalized spacial score (nSPS) is 10.9. The highest BCUT2D eigenvalue weighted by molar-refractivity contribution is 6.31. The number of aromatic nitrogens is 4. The first-order chi connectivity index (χ1) is 15.0. The number of anilines is 1. The Kier molecular flexibility index (Phi) is 5.64. The van der Waals surface area contributed by atoms with E-state index >= 15 is 0 Å². The summed E-state index contributed by atoms with van der Waals surface area (Å²) >= 11 is 6.12. The highest BCUT2D eigenvalue weighted by Crippen LogP contribution is 2.22. The first-order valence-corrected chi connectivity index (χ1v) is 9.85. The number of benzene rings is 1. The van der Waals surface area contributed by atoms with Gasteiger partial charge in [0.05, 0.1) is 12.1 Å². The van der Waals surface area contributed by atoms with Crippen LogP contribution in [0.25, 0.3) is 11.0 Å². The van der Waals surface area contributed by atoms with E-state index in [1.165, 1.54) is 10.8 Å². The van der Waals surface area contributed by atoms with Gasteiger partial charge in [0.1, 0.15) is 6.54 Å². The fourth-order valence-corrected chi connectivity index (χ4v) is 3.46. The minimum Gasteiger partial charge on any atom is -0.324 e. The average molecular weight is 436 g/mol. The molecule has 9 heteroatoms. The molecule has 1 amide bonds. The predicted molar refractivity (Wildman–Crippen MR) is 118 cm³/mol. The van der Waals surface area contributed by atoms with Crippen molar-refractivity contribution in [3.05, 3.63) is 98.0 Å². The van der Waals surface area contributed by atoms with E-state index < -0.39 is 17.2 Å². The molecular formula is C22H18ClN5O3. The zero-order valence-electron chi connectivity index (χ0n) is 16.6. The SMILES string of the molecule is Cc1c(Cl)cccc1NC(=O)Cn1c(=O)n(Cc2ccncc2)c(=O)c2ncccc21. The molecule has 31 heavy (non-hydrogen) atoms. The van der Waals surface area contributed by atoms with Gasteiger partial charge in [-0.2, -0.15) is 0 Å². The molecule has 0 aliphatic rings. The molecule has 3 aromatic heterocycles. The van der Waals surface area contributed by atoms with E-state index in [0.717, 1.165) is 15.7 Å². The van der Waals surface area contributed by atoms with E-state index in [1.54, 1.807) is 61.8 Å². The van der Waals surface area contributed by atoms with E-state index in [1.807, 2.05) is 0 Å². The lowest BCUT2D eigenvalue weighted by Crippen LogP contribution is -2.42. The molecule has 0 spiro atoms. The molecular weight excluding hydrogens is 418 g/mol. The van der Waals surface area contributed by atoms with Crippen molar-refractivity contribution in [2.75, 3.05) is 5.32 Å². The van der Waals surface area contributed by atoms with Crippen LogP contribution < -0.4 is 16.6 Å². The average Bonchev–Trinajstić information content (AvgIpc) is 2.78.